The number of benzene rings is 2. The topological polar surface area (TPSA) is 51.2 Å². The van der Waals surface area contributed by atoms with E-state index in [0.717, 1.165) is 11.1 Å². The molecule has 0 radical (unpaired) electrons. The summed E-state index contributed by atoms with van der Waals surface area (Å²) in [5.41, 5.74) is -1.20. The van der Waals surface area contributed by atoms with Crippen LogP contribution < -0.4 is 0 Å². The molecule has 0 bridgehead atoms. The minimum atomic E-state index is -4.96. The lowest BCUT2D eigenvalue weighted by Crippen LogP contribution is -2.47. The zero-order valence-electron chi connectivity index (χ0n) is 22.7. The lowest BCUT2D eigenvalue weighted by Gasteiger charge is -2.41. The van der Waals surface area contributed by atoms with Gasteiger partial charge in [0.1, 0.15) is 0 Å². The van der Waals surface area contributed by atoms with Crippen LogP contribution in [0, 0.1) is 18.8 Å². The second-order valence-electron chi connectivity index (χ2n) is 10.9. The van der Waals surface area contributed by atoms with Crippen molar-refractivity contribution in [3.05, 3.63) is 70.3 Å². The number of halogens is 6. The van der Waals surface area contributed by atoms with E-state index < -0.39 is 41.8 Å². The Morgan fingerprint density at radius 3 is 2.20 bits per heavy atom. The Balaban J connectivity index is 1.43. The van der Waals surface area contributed by atoms with Crippen LogP contribution in [-0.2, 0) is 26.6 Å². The molecule has 41 heavy (non-hydrogen) atoms. The number of alkyl halides is 6. The molecule has 2 amide bonds. The Morgan fingerprint density at radius 1 is 0.951 bits per heavy atom. The fourth-order valence-corrected chi connectivity index (χ4v) is 6.07. The molecule has 2 aromatic carbocycles. The number of hydrogen-bond donors (Lipinski definition) is 0. The monoisotopic (exact) mass is 586 g/mol. The summed E-state index contributed by atoms with van der Waals surface area (Å²) in [5.74, 6) is -0.489. The van der Waals surface area contributed by atoms with Gasteiger partial charge in [0, 0.05) is 38.0 Å². The molecule has 0 saturated carbocycles. The molecule has 5 rings (SSSR count). The van der Waals surface area contributed by atoms with E-state index in [1.54, 1.807) is 9.80 Å². The van der Waals surface area contributed by atoms with Crippen molar-refractivity contribution < 1.29 is 45.3 Å². The van der Waals surface area contributed by atoms with Gasteiger partial charge in [-0.05, 0) is 54.7 Å². The predicted octanol–water partition coefficient (Wildman–Crippen LogP) is 6.25. The molecule has 3 aliphatic rings. The van der Waals surface area contributed by atoms with Gasteiger partial charge < -0.3 is 24.0 Å². The van der Waals surface area contributed by atoms with Crippen molar-refractivity contribution in [2.75, 3.05) is 46.0 Å². The quantitative estimate of drug-likeness (QED) is 0.398. The van der Waals surface area contributed by atoms with E-state index >= 15 is 0 Å². The maximum absolute atomic E-state index is 13.5. The minimum absolute atomic E-state index is 0.00913. The van der Waals surface area contributed by atoms with Gasteiger partial charge in [-0.15, -0.1) is 0 Å². The summed E-state index contributed by atoms with van der Waals surface area (Å²) < 4.78 is 98.6. The first kappa shape index (κ1) is 29.7. The van der Waals surface area contributed by atoms with Gasteiger partial charge in [-0.1, -0.05) is 24.3 Å². The first-order valence-electron chi connectivity index (χ1n) is 13.6. The zero-order valence-corrected chi connectivity index (χ0v) is 22.7. The van der Waals surface area contributed by atoms with Gasteiger partial charge in [-0.25, -0.2) is 4.79 Å². The third-order valence-corrected chi connectivity index (χ3v) is 8.24. The first-order valence-corrected chi connectivity index (χ1v) is 13.6. The fraction of sp³-hybridized carbons (Fsp3) is 0.552. The molecule has 0 unspecified atom stereocenters. The third kappa shape index (κ3) is 6.34. The molecule has 224 valence electrons. The Morgan fingerprint density at radius 2 is 1.59 bits per heavy atom. The van der Waals surface area contributed by atoms with Crippen molar-refractivity contribution in [3.8, 4) is 0 Å². The summed E-state index contributed by atoms with van der Waals surface area (Å²) in [6, 6.07) is 8.98. The Kier molecular flexibility index (Phi) is 8.28. The van der Waals surface area contributed by atoms with Crippen molar-refractivity contribution in [1.82, 2.24) is 9.80 Å². The normalized spacial score (nSPS) is 26.1. The molecule has 6 nitrogen and oxygen atoms in total. The number of carbonyl (C=O) groups excluding carboxylic acids is 1. The number of likely N-dealkylation sites (tertiary alicyclic amines) is 1. The van der Waals surface area contributed by atoms with Crippen molar-refractivity contribution in [1.29, 1.82) is 0 Å². The van der Waals surface area contributed by atoms with Crippen LogP contribution in [0.2, 0.25) is 0 Å². The number of ether oxygens (including phenoxy) is 3. The number of urea groups is 1. The number of fused-ring (bicyclic) bond motifs is 1. The van der Waals surface area contributed by atoms with E-state index in [9.17, 15) is 31.1 Å². The zero-order chi connectivity index (χ0) is 29.5. The Hall–Kier alpha value is -2.83. The van der Waals surface area contributed by atoms with Gasteiger partial charge in [0.25, 0.3) is 0 Å². The highest BCUT2D eigenvalue weighted by Crippen LogP contribution is 2.46. The Labute approximate surface area is 234 Å². The van der Waals surface area contributed by atoms with Crippen LogP contribution in [0.3, 0.4) is 0 Å². The molecular weight excluding hydrogens is 554 g/mol. The first-order chi connectivity index (χ1) is 19.3. The molecule has 0 spiro atoms. The molecule has 12 heteroatoms. The minimum Gasteiger partial charge on any atom is -0.378 e. The standard InChI is InChI=1S/C29H32F6N2O4/c1-17-5-3-4-6-23(17)25-24-15-37(27(38)36-7-9-39-10-8-36)14-20(24)16-40-26(25)41-18(2)19-11-21(28(30,31)32)13-22(12-19)29(33,34)35/h3-6,11-13,18,20,24-26H,7-10,14-16H2,1-2H3/t18-,20+,24-,25+,26-/m1/s1. The van der Waals surface area contributed by atoms with Crippen LogP contribution in [0.25, 0.3) is 0 Å². The van der Waals surface area contributed by atoms with Crippen LogP contribution in [0.15, 0.2) is 42.5 Å². The number of rotatable bonds is 4. The summed E-state index contributed by atoms with van der Waals surface area (Å²) >= 11 is 0. The van der Waals surface area contributed by atoms with Crippen LogP contribution in [0.1, 0.15) is 46.8 Å². The average Bonchev–Trinajstić information content (AvgIpc) is 3.37. The van der Waals surface area contributed by atoms with Gasteiger partial charge in [-0.2, -0.15) is 26.3 Å². The second-order valence-corrected chi connectivity index (χ2v) is 10.9. The highest BCUT2D eigenvalue weighted by Gasteiger charge is 2.49. The summed E-state index contributed by atoms with van der Waals surface area (Å²) in [6.45, 7) is 6.45. The Bertz CT molecular complexity index is 1210. The molecule has 3 aliphatic heterocycles. The number of nitrogens with zero attached hydrogens (tertiary/aromatic N) is 2. The van der Waals surface area contributed by atoms with E-state index in [2.05, 4.69) is 0 Å². The largest absolute Gasteiger partial charge is 0.416 e. The van der Waals surface area contributed by atoms with Crippen molar-refractivity contribution in [3.63, 3.8) is 0 Å². The number of hydrogen-bond acceptors (Lipinski definition) is 4. The van der Waals surface area contributed by atoms with Crippen molar-refractivity contribution in [2.24, 2.45) is 11.8 Å². The van der Waals surface area contributed by atoms with Gasteiger partial charge in [-0.3, -0.25) is 0 Å². The van der Waals surface area contributed by atoms with Crippen LogP contribution in [-0.4, -0.2) is 68.1 Å². The smallest absolute Gasteiger partial charge is 0.378 e. The SMILES string of the molecule is Cc1ccccc1[C@@H]1[C@@H](O[C@H](C)c2cc(C(F)(F)F)cc(C(F)(F)F)c2)OC[C@@H]2CN(C(=O)N3CCOCC3)C[C@H]21. The van der Waals surface area contributed by atoms with Crippen molar-refractivity contribution >= 4 is 6.03 Å². The highest BCUT2D eigenvalue weighted by atomic mass is 19.4. The van der Waals surface area contributed by atoms with Gasteiger partial charge in [0.15, 0.2) is 6.29 Å². The molecular formula is C29H32F6N2O4. The van der Waals surface area contributed by atoms with E-state index in [4.69, 9.17) is 14.2 Å². The summed E-state index contributed by atoms with van der Waals surface area (Å²) in [5, 5.41) is 0. The van der Waals surface area contributed by atoms with Gasteiger partial charge in [0.2, 0.25) is 0 Å². The van der Waals surface area contributed by atoms with Crippen LogP contribution >= 0.6 is 0 Å². The average molecular weight is 587 g/mol. The summed E-state index contributed by atoms with van der Waals surface area (Å²) in [4.78, 5) is 16.8. The summed E-state index contributed by atoms with van der Waals surface area (Å²) in [6.07, 6.45) is -12.0. The van der Waals surface area contributed by atoms with Gasteiger partial charge >= 0.3 is 18.4 Å². The lowest BCUT2D eigenvalue weighted by atomic mass is 9.76. The lowest BCUT2D eigenvalue weighted by molar-refractivity contribution is -0.217. The molecule has 3 heterocycles. The summed E-state index contributed by atoms with van der Waals surface area (Å²) in [7, 11) is 0. The molecule has 0 aliphatic carbocycles. The molecule has 2 aromatic rings. The molecule has 5 atom stereocenters. The number of carbonyl (C=O) groups is 1. The molecule has 3 fully saturated rings. The van der Waals surface area contributed by atoms with E-state index in [0.29, 0.717) is 51.5 Å². The number of aryl methyl sites for hydroxylation is 1. The van der Waals surface area contributed by atoms with E-state index in [-0.39, 0.29) is 36.1 Å². The molecule has 3 saturated heterocycles. The third-order valence-electron chi connectivity index (χ3n) is 8.24. The molecule has 0 aromatic heterocycles. The highest BCUT2D eigenvalue weighted by molar-refractivity contribution is 5.75. The van der Waals surface area contributed by atoms with E-state index in [1.807, 2.05) is 31.2 Å². The van der Waals surface area contributed by atoms with Crippen LogP contribution in [0.4, 0.5) is 31.1 Å². The van der Waals surface area contributed by atoms with Crippen molar-refractivity contribution in [2.45, 2.75) is 44.5 Å². The maximum atomic E-state index is 13.5. The van der Waals surface area contributed by atoms with Crippen LogP contribution in [0.5, 0.6) is 0 Å². The van der Waals surface area contributed by atoms with Gasteiger partial charge in [0.05, 0.1) is 37.1 Å². The maximum Gasteiger partial charge on any atom is 0.416 e. The molecule has 0 N–H and O–H groups in total. The predicted molar refractivity (Wildman–Crippen MR) is 136 cm³/mol. The second kappa shape index (κ2) is 11.4. The fourth-order valence-electron chi connectivity index (χ4n) is 6.07. The number of morpholine rings is 1. The van der Waals surface area contributed by atoms with E-state index in [1.165, 1.54) is 6.92 Å². The number of amides is 2.